The third-order valence-electron chi connectivity index (χ3n) is 3.11. The molecule has 0 aliphatic rings. The van der Waals surface area contributed by atoms with Crippen molar-refractivity contribution in [1.82, 2.24) is 0 Å². The van der Waals surface area contributed by atoms with Crippen LogP contribution in [0.25, 0.3) is 0 Å². The van der Waals surface area contributed by atoms with E-state index in [9.17, 15) is 0 Å². The van der Waals surface area contributed by atoms with Crippen molar-refractivity contribution >= 4 is 0 Å². The van der Waals surface area contributed by atoms with Gasteiger partial charge in [0, 0.05) is 5.56 Å². The van der Waals surface area contributed by atoms with E-state index in [0.717, 1.165) is 12.2 Å². The lowest BCUT2D eigenvalue weighted by atomic mass is 9.78. The second-order valence-corrected chi connectivity index (χ2v) is 5.08. The summed E-state index contributed by atoms with van der Waals surface area (Å²) in [6, 6.07) is 4.30. The van der Waals surface area contributed by atoms with Crippen molar-refractivity contribution in [2.45, 2.75) is 39.5 Å². The number of aryl methyl sites for hydroxylation is 2. The van der Waals surface area contributed by atoms with E-state index < -0.39 is 0 Å². The van der Waals surface area contributed by atoms with Crippen molar-refractivity contribution in [3.63, 3.8) is 0 Å². The molecule has 0 saturated heterocycles. The standard InChI is InChI=1S/C14H23NO/c1-10-8-11(2)13(12(9-10)16-5)14(3,4)6-7-15/h8-9H,6-7,15H2,1-5H3. The molecule has 0 bridgehead atoms. The Balaban J connectivity index is 3.31. The summed E-state index contributed by atoms with van der Waals surface area (Å²) in [7, 11) is 1.73. The lowest BCUT2D eigenvalue weighted by Crippen LogP contribution is -2.23. The van der Waals surface area contributed by atoms with Gasteiger partial charge in [-0.1, -0.05) is 19.9 Å². The van der Waals surface area contributed by atoms with Gasteiger partial charge in [-0.15, -0.1) is 0 Å². The van der Waals surface area contributed by atoms with E-state index in [0.29, 0.717) is 6.54 Å². The summed E-state index contributed by atoms with van der Waals surface area (Å²) in [4.78, 5) is 0. The summed E-state index contributed by atoms with van der Waals surface area (Å²) in [6.45, 7) is 9.38. The molecule has 16 heavy (non-hydrogen) atoms. The second kappa shape index (κ2) is 4.88. The molecule has 2 N–H and O–H groups in total. The normalized spacial score (nSPS) is 11.6. The van der Waals surface area contributed by atoms with Crippen LogP contribution in [0.1, 0.15) is 37.0 Å². The molecular formula is C14H23NO. The van der Waals surface area contributed by atoms with Crippen LogP contribution < -0.4 is 10.5 Å². The van der Waals surface area contributed by atoms with Gasteiger partial charge in [0.2, 0.25) is 0 Å². The molecule has 0 aromatic heterocycles. The number of hydrogen-bond acceptors (Lipinski definition) is 2. The summed E-state index contributed by atoms with van der Waals surface area (Å²) in [5, 5.41) is 0. The van der Waals surface area contributed by atoms with Gasteiger partial charge in [-0.25, -0.2) is 0 Å². The molecule has 0 aliphatic carbocycles. The van der Waals surface area contributed by atoms with Crippen molar-refractivity contribution in [1.29, 1.82) is 0 Å². The van der Waals surface area contributed by atoms with Gasteiger partial charge in [0.05, 0.1) is 7.11 Å². The quantitative estimate of drug-likeness (QED) is 0.848. The first-order chi connectivity index (χ1) is 7.42. The van der Waals surface area contributed by atoms with E-state index in [4.69, 9.17) is 10.5 Å². The summed E-state index contributed by atoms with van der Waals surface area (Å²) >= 11 is 0. The van der Waals surface area contributed by atoms with E-state index in [1.54, 1.807) is 7.11 Å². The van der Waals surface area contributed by atoms with Gasteiger partial charge in [-0.2, -0.15) is 0 Å². The fourth-order valence-electron chi connectivity index (χ4n) is 2.44. The Kier molecular flexibility index (Phi) is 3.98. The molecule has 1 rings (SSSR count). The summed E-state index contributed by atoms with van der Waals surface area (Å²) in [5.41, 5.74) is 9.56. The van der Waals surface area contributed by atoms with Gasteiger partial charge in [0.25, 0.3) is 0 Å². The van der Waals surface area contributed by atoms with Gasteiger partial charge in [-0.05, 0) is 49.4 Å². The molecule has 90 valence electrons. The average molecular weight is 221 g/mol. The largest absolute Gasteiger partial charge is 0.496 e. The number of nitrogens with two attached hydrogens (primary N) is 1. The van der Waals surface area contributed by atoms with Gasteiger partial charge in [-0.3, -0.25) is 0 Å². The van der Waals surface area contributed by atoms with Crippen LogP contribution in [0.5, 0.6) is 5.75 Å². The van der Waals surface area contributed by atoms with Crippen molar-refractivity contribution < 1.29 is 4.74 Å². The molecule has 0 spiro atoms. The van der Waals surface area contributed by atoms with E-state index in [1.165, 1.54) is 16.7 Å². The van der Waals surface area contributed by atoms with Crippen molar-refractivity contribution in [3.05, 3.63) is 28.8 Å². The molecule has 2 nitrogen and oxygen atoms in total. The Morgan fingerprint density at radius 2 is 1.88 bits per heavy atom. The molecular weight excluding hydrogens is 198 g/mol. The van der Waals surface area contributed by atoms with Crippen molar-refractivity contribution in [2.75, 3.05) is 13.7 Å². The van der Waals surface area contributed by atoms with Gasteiger partial charge < -0.3 is 10.5 Å². The van der Waals surface area contributed by atoms with Crippen LogP contribution in [0.15, 0.2) is 12.1 Å². The van der Waals surface area contributed by atoms with Gasteiger partial charge >= 0.3 is 0 Å². The average Bonchev–Trinajstić information content (AvgIpc) is 2.15. The molecule has 0 heterocycles. The molecule has 0 unspecified atom stereocenters. The first-order valence-electron chi connectivity index (χ1n) is 5.78. The SMILES string of the molecule is COc1cc(C)cc(C)c1C(C)(C)CCN. The molecule has 0 fully saturated rings. The van der Waals surface area contributed by atoms with Crippen molar-refractivity contribution in [3.8, 4) is 5.75 Å². The molecule has 0 amide bonds. The predicted molar refractivity (Wildman–Crippen MR) is 69.2 cm³/mol. The number of methoxy groups -OCH3 is 1. The number of hydrogen-bond donors (Lipinski definition) is 1. The Labute approximate surface area is 98.8 Å². The molecule has 0 aliphatic heterocycles. The molecule has 0 atom stereocenters. The lowest BCUT2D eigenvalue weighted by Gasteiger charge is -2.29. The Morgan fingerprint density at radius 3 is 2.38 bits per heavy atom. The predicted octanol–water partition coefficient (Wildman–Crippen LogP) is 2.94. The summed E-state index contributed by atoms with van der Waals surface area (Å²) < 4.78 is 5.50. The lowest BCUT2D eigenvalue weighted by molar-refractivity contribution is 0.385. The molecule has 2 heteroatoms. The highest BCUT2D eigenvalue weighted by Gasteiger charge is 2.25. The maximum absolute atomic E-state index is 5.68. The van der Waals surface area contributed by atoms with Crippen LogP contribution in [0, 0.1) is 13.8 Å². The van der Waals surface area contributed by atoms with Crippen LogP contribution in [0.4, 0.5) is 0 Å². The summed E-state index contributed by atoms with van der Waals surface area (Å²) in [5.74, 6) is 0.982. The van der Waals surface area contributed by atoms with Crippen LogP contribution in [-0.2, 0) is 5.41 Å². The van der Waals surface area contributed by atoms with Gasteiger partial charge in [0.1, 0.15) is 5.75 Å². The van der Waals surface area contributed by atoms with Crippen LogP contribution >= 0.6 is 0 Å². The maximum atomic E-state index is 5.68. The molecule has 0 radical (unpaired) electrons. The van der Waals surface area contributed by atoms with E-state index in [2.05, 4.69) is 39.8 Å². The Morgan fingerprint density at radius 1 is 1.25 bits per heavy atom. The molecule has 1 aromatic carbocycles. The maximum Gasteiger partial charge on any atom is 0.123 e. The fraction of sp³-hybridized carbons (Fsp3) is 0.571. The molecule has 0 saturated carbocycles. The first-order valence-corrected chi connectivity index (χ1v) is 5.78. The third kappa shape index (κ3) is 2.56. The number of ether oxygens (including phenoxy) is 1. The third-order valence-corrected chi connectivity index (χ3v) is 3.11. The van der Waals surface area contributed by atoms with Crippen LogP contribution in [0.2, 0.25) is 0 Å². The van der Waals surface area contributed by atoms with Crippen LogP contribution in [0.3, 0.4) is 0 Å². The second-order valence-electron chi connectivity index (χ2n) is 5.08. The van der Waals surface area contributed by atoms with Gasteiger partial charge in [0.15, 0.2) is 0 Å². The zero-order valence-corrected chi connectivity index (χ0v) is 11.1. The highest BCUT2D eigenvalue weighted by atomic mass is 16.5. The highest BCUT2D eigenvalue weighted by molar-refractivity contribution is 5.47. The smallest absolute Gasteiger partial charge is 0.123 e. The minimum Gasteiger partial charge on any atom is -0.496 e. The summed E-state index contributed by atoms with van der Waals surface area (Å²) in [6.07, 6.45) is 0.966. The minimum absolute atomic E-state index is 0.0673. The van der Waals surface area contributed by atoms with Crippen LogP contribution in [-0.4, -0.2) is 13.7 Å². The first kappa shape index (κ1) is 13.0. The highest BCUT2D eigenvalue weighted by Crippen LogP contribution is 2.37. The van der Waals surface area contributed by atoms with Crippen molar-refractivity contribution in [2.24, 2.45) is 5.73 Å². The topological polar surface area (TPSA) is 35.2 Å². The van der Waals surface area contributed by atoms with E-state index in [-0.39, 0.29) is 5.41 Å². The Hall–Kier alpha value is -1.02. The monoisotopic (exact) mass is 221 g/mol. The zero-order valence-electron chi connectivity index (χ0n) is 11.1. The minimum atomic E-state index is 0.0673. The van der Waals surface area contributed by atoms with E-state index in [1.807, 2.05) is 0 Å². The molecule has 1 aromatic rings. The zero-order chi connectivity index (χ0) is 12.3. The Bertz CT molecular complexity index is 369. The fourth-order valence-corrected chi connectivity index (χ4v) is 2.44. The number of benzene rings is 1. The number of rotatable bonds is 4. The van der Waals surface area contributed by atoms with E-state index >= 15 is 0 Å².